The first-order valence-electron chi connectivity index (χ1n) is 9.33. The van der Waals surface area contributed by atoms with Crippen LogP contribution in [-0.2, 0) is 6.42 Å². The summed E-state index contributed by atoms with van der Waals surface area (Å²) in [5, 5.41) is 12.2. The van der Waals surface area contributed by atoms with E-state index in [2.05, 4.69) is 35.4 Å². The number of para-hydroxylation sites is 1. The number of ether oxygens (including phenoxy) is 1. The third-order valence-corrected chi connectivity index (χ3v) is 5.00. The van der Waals surface area contributed by atoms with Crippen LogP contribution < -0.4 is 10.1 Å². The molecule has 2 N–H and O–H groups in total. The van der Waals surface area contributed by atoms with Crippen molar-refractivity contribution in [2.24, 2.45) is 5.92 Å². The number of rotatable bonds is 6. The number of aromatic nitrogens is 1. The van der Waals surface area contributed by atoms with E-state index in [1.807, 2.05) is 6.07 Å². The van der Waals surface area contributed by atoms with Crippen molar-refractivity contribution in [3.8, 4) is 11.6 Å². The van der Waals surface area contributed by atoms with Gasteiger partial charge >= 0.3 is 0 Å². The van der Waals surface area contributed by atoms with Crippen LogP contribution in [-0.4, -0.2) is 28.6 Å². The molecule has 1 aromatic carbocycles. The van der Waals surface area contributed by atoms with Gasteiger partial charge in [-0.15, -0.1) is 0 Å². The zero-order chi connectivity index (χ0) is 18.4. The molecule has 0 saturated heterocycles. The highest BCUT2D eigenvalue weighted by molar-refractivity contribution is 5.93. The number of aromatic hydroxyl groups is 1. The maximum Gasteiger partial charge on any atom is 0.252 e. The van der Waals surface area contributed by atoms with Crippen LogP contribution in [0.15, 0.2) is 42.6 Å². The Morgan fingerprint density at radius 1 is 1.19 bits per heavy atom. The Morgan fingerprint density at radius 2 is 1.96 bits per heavy atom. The number of benzene rings is 1. The molecule has 0 aliphatic heterocycles. The molecule has 5 nitrogen and oxygen atoms in total. The zero-order valence-corrected chi connectivity index (χ0v) is 15.1. The topological polar surface area (TPSA) is 71.5 Å². The third-order valence-electron chi connectivity index (χ3n) is 5.00. The zero-order valence-electron chi connectivity index (χ0n) is 15.1. The van der Waals surface area contributed by atoms with Gasteiger partial charge in [-0.2, -0.15) is 0 Å². The van der Waals surface area contributed by atoms with Gasteiger partial charge in [-0.05, 0) is 55.7 Å². The van der Waals surface area contributed by atoms with Gasteiger partial charge in [0.25, 0.3) is 5.91 Å². The Kier molecular flexibility index (Phi) is 6.10. The van der Waals surface area contributed by atoms with Crippen LogP contribution in [0.5, 0.6) is 11.6 Å². The average molecular weight is 354 g/mol. The predicted molar refractivity (Wildman–Crippen MR) is 100 cm³/mol. The van der Waals surface area contributed by atoms with E-state index in [0.29, 0.717) is 18.0 Å². The number of hydrogen-bond acceptors (Lipinski definition) is 4. The molecule has 0 spiro atoms. The average Bonchev–Trinajstić information content (AvgIpc) is 2.68. The normalized spacial score (nSPS) is 19.7. The van der Waals surface area contributed by atoms with Crippen LogP contribution in [0.4, 0.5) is 0 Å². The van der Waals surface area contributed by atoms with Crippen LogP contribution in [0.2, 0.25) is 0 Å². The van der Waals surface area contributed by atoms with Crippen molar-refractivity contribution in [3.63, 3.8) is 0 Å². The molecule has 26 heavy (non-hydrogen) atoms. The summed E-state index contributed by atoms with van der Waals surface area (Å²) in [6.45, 7) is 2.81. The van der Waals surface area contributed by atoms with Gasteiger partial charge in [0.15, 0.2) is 0 Å². The smallest absolute Gasteiger partial charge is 0.252 e. The third kappa shape index (κ3) is 4.75. The van der Waals surface area contributed by atoms with Gasteiger partial charge in [0.05, 0.1) is 11.7 Å². The second-order valence-corrected chi connectivity index (χ2v) is 6.84. The Balaban J connectivity index is 1.43. The number of carbonyl (C=O) groups excluding carboxylic acids is 1. The second-order valence-electron chi connectivity index (χ2n) is 6.84. The van der Waals surface area contributed by atoms with Crippen LogP contribution in [0.3, 0.4) is 0 Å². The SMILES string of the molecule is CCc1ccccc1O[C@H]1CC[C@@H](CNC(=O)c2ccc(O)nc2)CC1. The van der Waals surface area contributed by atoms with Crippen LogP contribution >= 0.6 is 0 Å². The number of nitrogens with one attached hydrogen (secondary N) is 1. The van der Waals surface area contributed by atoms with Crippen molar-refractivity contribution in [3.05, 3.63) is 53.7 Å². The molecule has 138 valence electrons. The summed E-state index contributed by atoms with van der Waals surface area (Å²) in [6.07, 6.45) is 6.75. The van der Waals surface area contributed by atoms with Gasteiger partial charge in [-0.3, -0.25) is 4.79 Å². The fourth-order valence-electron chi connectivity index (χ4n) is 3.40. The highest BCUT2D eigenvalue weighted by Gasteiger charge is 2.23. The second kappa shape index (κ2) is 8.70. The van der Waals surface area contributed by atoms with Gasteiger partial charge in [0, 0.05) is 18.8 Å². The molecule has 0 atom stereocenters. The molecule has 0 unspecified atom stereocenters. The van der Waals surface area contributed by atoms with E-state index in [0.717, 1.165) is 37.9 Å². The summed E-state index contributed by atoms with van der Waals surface area (Å²) in [7, 11) is 0. The van der Waals surface area contributed by atoms with Gasteiger partial charge in [0.2, 0.25) is 5.88 Å². The fourth-order valence-corrected chi connectivity index (χ4v) is 3.40. The lowest BCUT2D eigenvalue weighted by Gasteiger charge is -2.29. The van der Waals surface area contributed by atoms with E-state index >= 15 is 0 Å². The van der Waals surface area contributed by atoms with E-state index < -0.39 is 0 Å². The van der Waals surface area contributed by atoms with E-state index in [1.54, 1.807) is 6.07 Å². The van der Waals surface area contributed by atoms with Crippen LogP contribution in [0.25, 0.3) is 0 Å². The monoisotopic (exact) mass is 354 g/mol. The maximum absolute atomic E-state index is 12.1. The van der Waals surface area contributed by atoms with Gasteiger partial charge in [-0.1, -0.05) is 25.1 Å². The highest BCUT2D eigenvalue weighted by atomic mass is 16.5. The van der Waals surface area contributed by atoms with Crippen molar-refractivity contribution in [1.29, 1.82) is 0 Å². The lowest BCUT2D eigenvalue weighted by molar-refractivity contribution is 0.0928. The molecule has 1 heterocycles. The molecule has 1 saturated carbocycles. The van der Waals surface area contributed by atoms with Crippen molar-refractivity contribution in [1.82, 2.24) is 10.3 Å². The first-order chi connectivity index (χ1) is 12.7. The minimum atomic E-state index is -0.146. The highest BCUT2D eigenvalue weighted by Crippen LogP contribution is 2.29. The molecule has 5 heteroatoms. The van der Waals surface area contributed by atoms with Crippen molar-refractivity contribution < 1.29 is 14.6 Å². The van der Waals surface area contributed by atoms with E-state index in [4.69, 9.17) is 4.74 Å². The largest absolute Gasteiger partial charge is 0.493 e. The summed E-state index contributed by atoms with van der Waals surface area (Å²) in [5.41, 5.74) is 1.72. The molecule has 1 aromatic heterocycles. The lowest BCUT2D eigenvalue weighted by atomic mass is 9.87. The molecule has 1 aliphatic rings. The molecule has 2 aromatic rings. The molecule has 0 radical (unpaired) electrons. The molecule has 3 rings (SSSR count). The Hall–Kier alpha value is -2.56. The minimum absolute atomic E-state index is 0.0791. The molecule has 1 amide bonds. The summed E-state index contributed by atoms with van der Waals surface area (Å²) in [4.78, 5) is 15.9. The first-order valence-corrected chi connectivity index (χ1v) is 9.33. The Labute approximate surface area is 154 Å². The summed E-state index contributed by atoms with van der Waals surface area (Å²) in [5.74, 6) is 1.26. The quantitative estimate of drug-likeness (QED) is 0.829. The van der Waals surface area contributed by atoms with Crippen LogP contribution in [0, 0.1) is 5.92 Å². The van der Waals surface area contributed by atoms with Crippen molar-refractivity contribution in [2.75, 3.05) is 6.54 Å². The van der Waals surface area contributed by atoms with Crippen LogP contribution in [0.1, 0.15) is 48.5 Å². The van der Waals surface area contributed by atoms with Gasteiger partial charge in [0.1, 0.15) is 5.75 Å². The summed E-state index contributed by atoms with van der Waals surface area (Å²) < 4.78 is 6.21. The number of aryl methyl sites for hydroxylation is 1. The Bertz CT molecular complexity index is 722. The summed E-state index contributed by atoms with van der Waals surface area (Å²) >= 11 is 0. The predicted octanol–water partition coefficient (Wildman–Crippen LogP) is 3.72. The van der Waals surface area contributed by atoms with Gasteiger partial charge < -0.3 is 15.2 Å². The lowest BCUT2D eigenvalue weighted by Crippen LogP contribution is -2.33. The van der Waals surface area contributed by atoms with Crippen molar-refractivity contribution >= 4 is 5.91 Å². The number of hydrogen-bond donors (Lipinski definition) is 2. The van der Waals surface area contributed by atoms with E-state index in [1.165, 1.54) is 17.8 Å². The van der Waals surface area contributed by atoms with E-state index in [-0.39, 0.29) is 17.9 Å². The molecule has 1 aliphatic carbocycles. The number of amides is 1. The first kappa shape index (κ1) is 18.2. The minimum Gasteiger partial charge on any atom is -0.493 e. The summed E-state index contributed by atoms with van der Waals surface area (Å²) in [6, 6.07) is 11.2. The standard InChI is InChI=1S/C21H26N2O3/c1-2-16-5-3-4-6-19(16)26-18-10-7-15(8-11-18)13-23-21(25)17-9-12-20(24)22-14-17/h3-6,9,12,14-15,18H,2,7-8,10-11,13H2,1H3,(H,22,24)(H,23,25)/t15-,18+. The van der Waals surface area contributed by atoms with Gasteiger partial charge in [-0.25, -0.2) is 4.98 Å². The molecule has 0 bridgehead atoms. The Morgan fingerprint density at radius 3 is 2.65 bits per heavy atom. The van der Waals surface area contributed by atoms with E-state index in [9.17, 15) is 9.90 Å². The number of carbonyl (C=O) groups is 1. The molecular formula is C21H26N2O3. The number of pyridine rings is 1. The molecular weight excluding hydrogens is 328 g/mol. The van der Waals surface area contributed by atoms with Crippen molar-refractivity contribution in [2.45, 2.75) is 45.1 Å². The maximum atomic E-state index is 12.1. The fraction of sp³-hybridized carbons (Fsp3) is 0.429. The number of nitrogens with zero attached hydrogens (tertiary/aromatic N) is 1. The molecule has 1 fully saturated rings.